The first-order chi connectivity index (χ1) is 22.6. The molecule has 1 aliphatic carbocycles. The van der Waals surface area contributed by atoms with Crippen molar-refractivity contribution < 1.29 is 34.3 Å². The van der Waals surface area contributed by atoms with E-state index >= 15 is 0 Å². The van der Waals surface area contributed by atoms with Crippen LogP contribution < -0.4 is 35.2 Å². The SMILES string of the molecule is O=C(O)CCN1C(=CC2=C([O-])C(=c3ccc(=c4c(=O)c(=Cc5sc6ccccc6[n+]5CCC(=O)O)c4=O)s3)C2=O)Sc2ccccc21. The second-order valence-corrected chi connectivity index (χ2v) is 14.0. The molecule has 0 saturated heterocycles. The molecule has 0 bridgehead atoms. The summed E-state index contributed by atoms with van der Waals surface area (Å²) >= 11 is 3.72. The minimum atomic E-state index is -0.963. The van der Waals surface area contributed by atoms with Crippen LogP contribution in [-0.2, 0) is 20.9 Å². The molecule has 0 atom stereocenters. The van der Waals surface area contributed by atoms with Crippen molar-refractivity contribution in [2.45, 2.75) is 24.3 Å². The zero-order valence-electron chi connectivity index (χ0n) is 24.2. The van der Waals surface area contributed by atoms with Crippen molar-refractivity contribution in [3.8, 4) is 0 Å². The zero-order chi connectivity index (χ0) is 33.0. The van der Waals surface area contributed by atoms with Crippen molar-refractivity contribution in [1.29, 1.82) is 0 Å². The van der Waals surface area contributed by atoms with Gasteiger partial charge in [-0.2, -0.15) is 4.57 Å². The minimum absolute atomic E-state index is 0.0150. The number of hydrogen-bond donors (Lipinski definition) is 2. The molecule has 0 radical (unpaired) electrons. The van der Waals surface area contributed by atoms with Crippen LogP contribution in [0.25, 0.3) is 21.9 Å². The number of rotatable bonds is 8. The number of Topliss-reactive ketones (excluding diaryl/α,β-unsaturated/α-hetero) is 1. The molecule has 0 amide bonds. The molecule has 0 spiro atoms. The number of aromatic nitrogens is 1. The van der Waals surface area contributed by atoms with Crippen LogP contribution in [0, 0.1) is 9.75 Å². The maximum Gasteiger partial charge on any atom is 0.309 e. The van der Waals surface area contributed by atoms with Gasteiger partial charge in [-0.3, -0.25) is 24.0 Å². The lowest BCUT2D eigenvalue weighted by Crippen LogP contribution is -2.50. The third kappa shape index (κ3) is 5.31. The number of ketones is 1. The van der Waals surface area contributed by atoms with Gasteiger partial charge in [0.15, 0.2) is 12.3 Å². The highest BCUT2D eigenvalue weighted by Gasteiger charge is 2.31. The quantitative estimate of drug-likeness (QED) is 0.231. The summed E-state index contributed by atoms with van der Waals surface area (Å²) < 4.78 is 3.37. The molecule has 13 heteroatoms. The smallest absolute Gasteiger partial charge is 0.309 e. The molecule has 47 heavy (non-hydrogen) atoms. The number of allylic oxidation sites excluding steroid dienone is 3. The van der Waals surface area contributed by atoms with Gasteiger partial charge < -0.3 is 20.2 Å². The molecule has 3 aromatic carbocycles. The minimum Gasteiger partial charge on any atom is -0.871 e. The van der Waals surface area contributed by atoms with Gasteiger partial charge in [0.2, 0.25) is 16.4 Å². The van der Waals surface area contributed by atoms with E-state index in [0.717, 1.165) is 32.1 Å². The average molecular weight is 683 g/mol. The summed E-state index contributed by atoms with van der Waals surface area (Å²) in [7, 11) is 0. The van der Waals surface area contributed by atoms with E-state index in [1.165, 1.54) is 35.3 Å². The molecule has 2 N–H and O–H groups in total. The third-order valence-corrected chi connectivity index (χ3v) is 11.2. The van der Waals surface area contributed by atoms with Crippen molar-refractivity contribution >= 4 is 79.7 Å². The Morgan fingerprint density at radius 2 is 1.55 bits per heavy atom. The molecule has 0 saturated carbocycles. The Morgan fingerprint density at radius 3 is 2.30 bits per heavy atom. The lowest BCUT2D eigenvalue weighted by atomic mass is 9.88. The van der Waals surface area contributed by atoms with Crippen LogP contribution >= 0.6 is 34.4 Å². The number of anilines is 1. The predicted octanol–water partition coefficient (Wildman–Crippen LogP) is 1.71. The number of nitrogens with zero attached hydrogens (tertiary/aromatic N) is 2. The van der Waals surface area contributed by atoms with E-state index in [9.17, 15) is 39.3 Å². The number of aliphatic carboxylic acids is 2. The number of carbonyl (C=O) groups is 3. The fourth-order valence-electron chi connectivity index (χ4n) is 5.59. The van der Waals surface area contributed by atoms with Crippen LogP contribution in [0.4, 0.5) is 5.69 Å². The summed E-state index contributed by atoms with van der Waals surface area (Å²) in [6, 6.07) is 18.0. The van der Waals surface area contributed by atoms with Gasteiger partial charge in [-0.15, -0.1) is 11.3 Å². The van der Waals surface area contributed by atoms with Gasteiger partial charge in [-0.05, 0) is 36.4 Å². The Kier molecular flexibility index (Phi) is 7.74. The molecule has 10 nitrogen and oxygen atoms in total. The number of thioether (sulfide) groups is 1. The van der Waals surface area contributed by atoms with Crippen molar-refractivity contribution in [2.24, 2.45) is 0 Å². The number of carbonyl (C=O) groups excluding carboxylic acids is 1. The zero-order valence-corrected chi connectivity index (χ0v) is 26.7. The van der Waals surface area contributed by atoms with Gasteiger partial charge >= 0.3 is 11.9 Å². The van der Waals surface area contributed by atoms with E-state index in [4.69, 9.17) is 0 Å². The second-order valence-electron chi connectivity index (χ2n) is 10.8. The Labute approximate surface area is 276 Å². The van der Waals surface area contributed by atoms with E-state index in [1.807, 2.05) is 48.5 Å². The number of para-hydroxylation sites is 2. The Hall–Kier alpha value is -5.11. The molecule has 2 aromatic heterocycles. The highest BCUT2D eigenvalue weighted by molar-refractivity contribution is 8.03. The maximum atomic E-state index is 13.2. The standard InChI is InChI=1S/C34H22N2O8S3/c37-27(38)11-13-35-19-5-1-3-7-21(19)46-25(35)15-17-31(41)29(32(17)42)23-9-10-24(45-23)30-33(43)18(34(30)44)16-26-36(14-12-28(39)40)20-6-2-4-8-22(20)47-26/h1-10,15-16H,11-14H2,(H2-,37,38,39,40,41,42). The van der Waals surface area contributed by atoms with E-state index in [0.29, 0.717) is 19.1 Å². The summed E-state index contributed by atoms with van der Waals surface area (Å²) in [5, 5.41) is 32.8. The molecule has 2 aliphatic rings. The van der Waals surface area contributed by atoms with Gasteiger partial charge in [-0.1, -0.05) is 53.1 Å². The molecule has 1 aliphatic heterocycles. The number of carboxylic acids is 2. The van der Waals surface area contributed by atoms with Crippen LogP contribution in [0.5, 0.6) is 0 Å². The molecule has 5 aromatic rings. The molecule has 7 rings (SSSR count). The van der Waals surface area contributed by atoms with Crippen molar-refractivity contribution in [2.75, 3.05) is 11.4 Å². The monoisotopic (exact) mass is 682 g/mol. The predicted molar refractivity (Wildman–Crippen MR) is 176 cm³/mol. The van der Waals surface area contributed by atoms with E-state index < -0.39 is 34.3 Å². The summed E-state index contributed by atoms with van der Waals surface area (Å²) in [5.74, 6) is -2.85. The lowest BCUT2D eigenvalue weighted by molar-refractivity contribution is -0.667. The summed E-state index contributed by atoms with van der Waals surface area (Å²) in [6.45, 7) is 0.349. The van der Waals surface area contributed by atoms with Gasteiger partial charge in [0, 0.05) is 43.8 Å². The summed E-state index contributed by atoms with van der Waals surface area (Å²) in [6.07, 6.45) is 2.75. The first-order valence-corrected chi connectivity index (χ1v) is 16.8. The molecule has 3 heterocycles. The van der Waals surface area contributed by atoms with Crippen molar-refractivity contribution in [1.82, 2.24) is 0 Å². The van der Waals surface area contributed by atoms with Gasteiger partial charge in [0.1, 0.15) is 11.1 Å². The Morgan fingerprint density at radius 1 is 0.851 bits per heavy atom. The van der Waals surface area contributed by atoms with Crippen LogP contribution in [0.15, 0.2) is 97.6 Å². The molecule has 234 valence electrons. The van der Waals surface area contributed by atoms with E-state index in [1.54, 1.807) is 21.6 Å². The third-order valence-electron chi connectivity index (χ3n) is 7.89. The van der Waals surface area contributed by atoms with Gasteiger partial charge in [0.25, 0.3) is 5.01 Å². The van der Waals surface area contributed by atoms with Crippen molar-refractivity contribution in [3.63, 3.8) is 0 Å². The summed E-state index contributed by atoms with van der Waals surface area (Å²) in [5.41, 5.74) is 0.653. The number of thiazole rings is 1. The van der Waals surface area contributed by atoms with Crippen LogP contribution in [0.2, 0.25) is 0 Å². The number of thiophene rings is 1. The molecular weight excluding hydrogens is 661 g/mol. The number of benzene rings is 2. The van der Waals surface area contributed by atoms with Gasteiger partial charge in [-0.25, -0.2) is 0 Å². The highest BCUT2D eigenvalue weighted by Crippen LogP contribution is 2.47. The number of fused-ring (bicyclic) bond motifs is 2. The first-order valence-electron chi connectivity index (χ1n) is 14.4. The van der Waals surface area contributed by atoms with Crippen LogP contribution in [-0.4, -0.2) is 34.5 Å². The lowest BCUT2D eigenvalue weighted by Gasteiger charge is -2.29. The normalized spacial score (nSPS) is 16.3. The molecule has 0 fully saturated rings. The second kappa shape index (κ2) is 11.9. The number of aryl methyl sites for hydroxylation is 1. The van der Waals surface area contributed by atoms with Gasteiger partial charge in [0.05, 0.1) is 27.6 Å². The fourth-order valence-corrected chi connectivity index (χ4v) is 8.93. The van der Waals surface area contributed by atoms with E-state index in [-0.39, 0.29) is 47.5 Å². The number of hydrogen-bond acceptors (Lipinski definition) is 10. The first kappa shape index (κ1) is 30.5. The maximum absolute atomic E-state index is 13.2. The fraction of sp³-hybridized carbons (Fsp3) is 0.118. The van der Waals surface area contributed by atoms with E-state index in [2.05, 4.69) is 0 Å². The van der Waals surface area contributed by atoms with Crippen LogP contribution in [0.1, 0.15) is 17.8 Å². The average Bonchev–Trinajstić information content (AvgIpc) is 3.75. The van der Waals surface area contributed by atoms with Crippen LogP contribution in [0.3, 0.4) is 0 Å². The molecule has 0 unspecified atom stereocenters. The highest BCUT2D eigenvalue weighted by atomic mass is 32.2. The van der Waals surface area contributed by atoms with Crippen molar-refractivity contribution in [3.05, 3.63) is 128 Å². The summed E-state index contributed by atoms with van der Waals surface area (Å²) in [4.78, 5) is 64.8. The Bertz CT molecular complexity index is 2520. The number of carboxylic acid groups (broad SMARTS) is 2. The molecular formula is C34H22N2O8S3. The Balaban J connectivity index is 1.26. The topological polar surface area (TPSA) is 156 Å². The largest absolute Gasteiger partial charge is 0.871 e.